The van der Waals surface area contributed by atoms with Gasteiger partial charge in [0.1, 0.15) is 0 Å². The van der Waals surface area contributed by atoms with Crippen LogP contribution in [0.4, 0.5) is 0 Å². The summed E-state index contributed by atoms with van der Waals surface area (Å²) in [4.78, 5) is 17.6. The fraction of sp³-hybridized carbons (Fsp3) is 0.600. The molecule has 0 radical (unpaired) electrons. The van der Waals surface area contributed by atoms with Crippen LogP contribution < -0.4 is 0 Å². The first-order chi connectivity index (χ1) is 9.24. The summed E-state index contributed by atoms with van der Waals surface area (Å²) in [6.45, 7) is 2.03. The third-order valence-electron chi connectivity index (χ3n) is 4.56. The van der Waals surface area contributed by atoms with Crippen molar-refractivity contribution in [2.75, 3.05) is 6.54 Å². The van der Waals surface area contributed by atoms with E-state index >= 15 is 0 Å². The van der Waals surface area contributed by atoms with Crippen LogP contribution in [0.1, 0.15) is 48.2 Å². The molecule has 3 rings (SSSR count). The number of pyridine rings is 1. The summed E-state index contributed by atoms with van der Waals surface area (Å²) in [6.07, 6.45) is 8.22. The van der Waals surface area contributed by atoms with Crippen molar-refractivity contribution in [3.05, 3.63) is 29.6 Å². The molecule has 0 aromatic carbocycles. The minimum Gasteiger partial charge on any atom is -0.478 e. The topological polar surface area (TPSA) is 53.4 Å². The van der Waals surface area contributed by atoms with Gasteiger partial charge in [-0.1, -0.05) is 12.8 Å². The number of hydrogen-bond acceptors (Lipinski definition) is 3. The van der Waals surface area contributed by atoms with Crippen molar-refractivity contribution >= 4 is 5.97 Å². The molecule has 1 aliphatic carbocycles. The Labute approximate surface area is 113 Å². The smallest absolute Gasteiger partial charge is 0.337 e. The van der Waals surface area contributed by atoms with E-state index in [4.69, 9.17) is 5.11 Å². The third-order valence-corrected chi connectivity index (χ3v) is 4.56. The maximum atomic E-state index is 10.8. The average molecular weight is 260 g/mol. The number of likely N-dealkylation sites (tertiary alicyclic amines) is 1. The molecule has 102 valence electrons. The summed E-state index contributed by atoms with van der Waals surface area (Å²) >= 11 is 0. The van der Waals surface area contributed by atoms with Crippen LogP contribution in [0.2, 0.25) is 0 Å². The first-order valence-corrected chi connectivity index (χ1v) is 7.16. The highest BCUT2D eigenvalue weighted by Gasteiger charge is 2.35. The zero-order chi connectivity index (χ0) is 13.2. The standard InChI is InChI=1S/C15H20N2O2/c18-15(19)12-5-6-13(16-9-12)10-17-8-7-11-3-1-2-4-14(11)17/h5-6,9,11,14H,1-4,7-8,10H2,(H,18,19). The molecule has 2 unspecified atom stereocenters. The van der Waals surface area contributed by atoms with E-state index in [-0.39, 0.29) is 5.56 Å². The molecule has 1 N–H and O–H groups in total. The Morgan fingerprint density at radius 3 is 2.89 bits per heavy atom. The van der Waals surface area contributed by atoms with Gasteiger partial charge in [0.2, 0.25) is 0 Å². The SMILES string of the molecule is O=C(O)c1ccc(CN2CCC3CCCCC32)nc1. The van der Waals surface area contributed by atoms with Crippen LogP contribution >= 0.6 is 0 Å². The molecule has 2 atom stereocenters. The van der Waals surface area contributed by atoms with Gasteiger partial charge in [-0.25, -0.2) is 4.79 Å². The van der Waals surface area contributed by atoms with Crippen molar-refractivity contribution in [2.24, 2.45) is 5.92 Å². The number of aromatic carboxylic acids is 1. The molecule has 1 aromatic heterocycles. The average Bonchev–Trinajstić information content (AvgIpc) is 2.83. The molecule has 2 aliphatic rings. The van der Waals surface area contributed by atoms with Crippen molar-refractivity contribution in [3.63, 3.8) is 0 Å². The second-order valence-electron chi connectivity index (χ2n) is 5.71. The highest BCUT2D eigenvalue weighted by molar-refractivity contribution is 5.87. The van der Waals surface area contributed by atoms with E-state index in [9.17, 15) is 4.79 Å². The van der Waals surface area contributed by atoms with Crippen LogP contribution in [0.15, 0.2) is 18.3 Å². The van der Waals surface area contributed by atoms with Gasteiger partial charge in [-0.3, -0.25) is 9.88 Å². The molecular weight excluding hydrogens is 240 g/mol. The van der Waals surface area contributed by atoms with Gasteiger partial charge < -0.3 is 5.11 Å². The molecule has 1 saturated carbocycles. The first kappa shape index (κ1) is 12.6. The fourth-order valence-corrected chi connectivity index (χ4v) is 3.55. The Bertz CT molecular complexity index is 458. The minimum atomic E-state index is -0.910. The molecule has 2 heterocycles. The number of carbonyl (C=O) groups is 1. The molecular formula is C15H20N2O2. The third kappa shape index (κ3) is 2.63. The van der Waals surface area contributed by atoms with E-state index in [0.29, 0.717) is 0 Å². The number of carboxylic acids is 1. The summed E-state index contributed by atoms with van der Waals surface area (Å²) < 4.78 is 0. The Kier molecular flexibility index (Phi) is 3.51. The fourth-order valence-electron chi connectivity index (χ4n) is 3.55. The van der Waals surface area contributed by atoms with Crippen LogP contribution in [-0.2, 0) is 6.54 Å². The molecule has 4 nitrogen and oxygen atoms in total. The lowest BCUT2D eigenvalue weighted by molar-refractivity contribution is 0.0696. The second kappa shape index (κ2) is 5.29. The van der Waals surface area contributed by atoms with Gasteiger partial charge >= 0.3 is 5.97 Å². The van der Waals surface area contributed by atoms with E-state index < -0.39 is 5.97 Å². The van der Waals surface area contributed by atoms with Crippen molar-refractivity contribution in [1.82, 2.24) is 9.88 Å². The predicted octanol–water partition coefficient (Wildman–Crippen LogP) is 2.54. The van der Waals surface area contributed by atoms with Gasteiger partial charge in [-0.2, -0.15) is 0 Å². The van der Waals surface area contributed by atoms with E-state index in [2.05, 4.69) is 9.88 Å². The lowest BCUT2D eigenvalue weighted by Crippen LogP contribution is -2.34. The van der Waals surface area contributed by atoms with Crippen LogP contribution in [-0.4, -0.2) is 33.5 Å². The van der Waals surface area contributed by atoms with Gasteiger partial charge in [0.15, 0.2) is 0 Å². The van der Waals surface area contributed by atoms with Crippen LogP contribution in [0.5, 0.6) is 0 Å². The molecule has 2 fully saturated rings. The number of fused-ring (bicyclic) bond motifs is 1. The summed E-state index contributed by atoms with van der Waals surface area (Å²) in [5, 5.41) is 8.86. The molecule has 0 amide bonds. The van der Waals surface area contributed by atoms with Crippen LogP contribution in [0, 0.1) is 5.92 Å². The summed E-state index contributed by atoms with van der Waals surface area (Å²) in [7, 11) is 0. The molecule has 1 aliphatic heterocycles. The molecule has 1 saturated heterocycles. The predicted molar refractivity (Wildman–Crippen MR) is 72.0 cm³/mol. The van der Waals surface area contributed by atoms with E-state index in [1.54, 1.807) is 6.07 Å². The van der Waals surface area contributed by atoms with Gasteiger partial charge in [0, 0.05) is 18.8 Å². The monoisotopic (exact) mass is 260 g/mol. The second-order valence-corrected chi connectivity index (χ2v) is 5.71. The largest absolute Gasteiger partial charge is 0.478 e. The molecule has 0 bridgehead atoms. The lowest BCUT2D eigenvalue weighted by Gasteiger charge is -2.31. The van der Waals surface area contributed by atoms with Crippen molar-refractivity contribution in [2.45, 2.75) is 44.7 Å². The van der Waals surface area contributed by atoms with Gasteiger partial charge in [0.25, 0.3) is 0 Å². The molecule has 0 spiro atoms. The van der Waals surface area contributed by atoms with Crippen molar-refractivity contribution in [1.29, 1.82) is 0 Å². The Morgan fingerprint density at radius 2 is 2.16 bits per heavy atom. The van der Waals surface area contributed by atoms with Crippen molar-refractivity contribution < 1.29 is 9.90 Å². The summed E-state index contributed by atoms with van der Waals surface area (Å²) in [5.74, 6) is -0.0281. The number of carboxylic acid groups (broad SMARTS) is 1. The highest BCUT2D eigenvalue weighted by atomic mass is 16.4. The van der Waals surface area contributed by atoms with Gasteiger partial charge in [-0.15, -0.1) is 0 Å². The normalized spacial score (nSPS) is 27.2. The van der Waals surface area contributed by atoms with Crippen molar-refractivity contribution in [3.8, 4) is 0 Å². The Morgan fingerprint density at radius 1 is 1.32 bits per heavy atom. The van der Waals surface area contributed by atoms with E-state index in [1.807, 2.05) is 6.07 Å². The van der Waals surface area contributed by atoms with E-state index in [1.165, 1.54) is 38.3 Å². The molecule has 4 heteroatoms. The van der Waals surface area contributed by atoms with Gasteiger partial charge in [0.05, 0.1) is 11.3 Å². The van der Waals surface area contributed by atoms with Crippen LogP contribution in [0.3, 0.4) is 0 Å². The zero-order valence-corrected chi connectivity index (χ0v) is 11.1. The Hall–Kier alpha value is -1.42. The van der Waals surface area contributed by atoms with E-state index in [0.717, 1.165) is 30.7 Å². The number of rotatable bonds is 3. The quantitative estimate of drug-likeness (QED) is 0.907. The maximum Gasteiger partial charge on any atom is 0.337 e. The number of aromatic nitrogens is 1. The zero-order valence-electron chi connectivity index (χ0n) is 11.1. The van der Waals surface area contributed by atoms with Gasteiger partial charge in [-0.05, 0) is 43.9 Å². The summed E-state index contributed by atoms with van der Waals surface area (Å²) in [5.41, 5.74) is 1.25. The molecule has 1 aromatic rings. The highest BCUT2D eigenvalue weighted by Crippen LogP contribution is 2.36. The lowest BCUT2D eigenvalue weighted by atomic mass is 9.85. The Balaban J connectivity index is 1.66. The minimum absolute atomic E-state index is 0.265. The summed E-state index contributed by atoms with van der Waals surface area (Å²) in [6, 6.07) is 4.23. The number of nitrogens with zero attached hydrogens (tertiary/aromatic N) is 2. The number of hydrogen-bond donors (Lipinski definition) is 1. The maximum absolute atomic E-state index is 10.8. The van der Waals surface area contributed by atoms with Crippen LogP contribution in [0.25, 0.3) is 0 Å². The first-order valence-electron chi connectivity index (χ1n) is 7.16. The molecule has 19 heavy (non-hydrogen) atoms.